The summed E-state index contributed by atoms with van der Waals surface area (Å²) in [6.07, 6.45) is 2.14. The van der Waals surface area contributed by atoms with Crippen LogP contribution in [-0.2, 0) is 9.59 Å². The standard InChI is InChI=1S/C14H25N3O2/c1-13(2)6-5-7-15-10(13)11(18)17-9-8-16-12(19)14(17,3)4/h10,15H,5-9H2,1-4H3,(H,16,19). The van der Waals surface area contributed by atoms with E-state index in [1.165, 1.54) is 0 Å². The van der Waals surface area contributed by atoms with Crippen molar-refractivity contribution >= 4 is 11.8 Å². The molecule has 5 nitrogen and oxygen atoms in total. The monoisotopic (exact) mass is 267 g/mol. The normalized spacial score (nSPS) is 29.8. The summed E-state index contributed by atoms with van der Waals surface area (Å²) in [6, 6.07) is -0.188. The Morgan fingerprint density at radius 1 is 1.26 bits per heavy atom. The second-order valence-corrected chi connectivity index (χ2v) is 6.78. The molecule has 0 radical (unpaired) electrons. The molecule has 0 aromatic rings. The van der Waals surface area contributed by atoms with E-state index < -0.39 is 5.54 Å². The number of rotatable bonds is 1. The molecule has 2 aliphatic rings. The first-order valence-electron chi connectivity index (χ1n) is 7.10. The van der Waals surface area contributed by atoms with Gasteiger partial charge in [0.1, 0.15) is 5.54 Å². The lowest BCUT2D eigenvalue weighted by Crippen LogP contribution is -2.68. The lowest BCUT2D eigenvalue weighted by molar-refractivity contribution is -0.153. The highest BCUT2D eigenvalue weighted by Crippen LogP contribution is 2.32. The van der Waals surface area contributed by atoms with Crippen LogP contribution in [0.1, 0.15) is 40.5 Å². The predicted octanol–water partition coefficient (Wildman–Crippen LogP) is 0.502. The van der Waals surface area contributed by atoms with Gasteiger partial charge in [-0.1, -0.05) is 13.8 Å². The van der Waals surface area contributed by atoms with Gasteiger partial charge in [0.15, 0.2) is 0 Å². The number of piperidine rings is 1. The summed E-state index contributed by atoms with van der Waals surface area (Å²) >= 11 is 0. The van der Waals surface area contributed by atoms with E-state index in [-0.39, 0.29) is 23.3 Å². The van der Waals surface area contributed by atoms with Crippen LogP contribution in [0.25, 0.3) is 0 Å². The van der Waals surface area contributed by atoms with Crippen molar-refractivity contribution in [2.75, 3.05) is 19.6 Å². The maximum atomic E-state index is 12.8. The summed E-state index contributed by atoms with van der Waals surface area (Å²) in [5.74, 6) is -0.00901. The molecule has 2 fully saturated rings. The number of nitrogens with one attached hydrogen (secondary N) is 2. The molecule has 2 N–H and O–H groups in total. The highest BCUT2D eigenvalue weighted by Gasteiger charge is 2.46. The van der Waals surface area contributed by atoms with Crippen molar-refractivity contribution in [1.82, 2.24) is 15.5 Å². The van der Waals surface area contributed by atoms with E-state index >= 15 is 0 Å². The Hall–Kier alpha value is -1.10. The predicted molar refractivity (Wildman–Crippen MR) is 73.6 cm³/mol. The van der Waals surface area contributed by atoms with Gasteiger partial charge in [-0.25, -0.2) is 0 Å². The molecule has 108 valence electrons. The van der Waals surface area contributed by atoms with Crippen molar-refractivity contribution < 1.29 is 9.59 Å². The molecular weight excluding hydrogens is 242 g/mol. The summed E-state index contributed by atoms with van der Waals surface area (Å²) in [4.78, 5) is 26.5. The van der Waals surface area contributed by atoms with Crippen LogP contribution in [-0.4, -0.2) is 47.9 Å². The smallest absolute Gasteiger partial charge is 0.245 e. The molecule has 19 heavy (non-hydrogen) atoms. The lowest BCUT2D eigenvalue weighted by atomic mass is 9.76. The number of nitrogens with zero attached hydrogens (tertiary/aromatic N) is 1. The zero-order valence-corrected chi connectivity index (χ0v) is 12.4. The Kier molecular flexibility index (Phi) is 3.60. The molecule has 2 rings (SSSR count). The fourth-order valence-corrected chi connectivity index (χ4v) is 3.07. The van der Waals surface area contributed by atoms with Crippen LogP contribution in [0.3, 0.4) is 0 Å². The molecule has 5 heteroatoms. The van der Waals surface area contributed by atoms with Crippen molar-refractivity contribution in [3.63, 3.8) is 0 Å². The molecule has 0 bridgehead atoms. The minimum Gasteiger partial charge on any atom is -0.352 e. The SMILES string of the molecule is CC1(C)CCCNC1C(=O)N1CCNC(=O)C1(C)C. The van der Waals surface area contributed by atoms with Gasteiger partial charge in [-0.15, -0.1) is 0 Å². The second-order valence-electron chi connectivity index (χ2n) is 6.78. The number of amides is 2. The van der Waals surface area contributed by atoms with Crippen LogP contribution in [0.5, 0.6) is 0 Å². The van der Waals surface area contributed by atoms with E-state index in [1.54, 1.807) is 4.90 Å². The number of carbonyl (C=O) groups excluding carboxylic acids is 2. The number of hydrogen-bond acceptors (Lipinski definition) is 3. The van der Waals surface area contributed by atoms with Gasteiger partial charge in [0.05, 0.1) is 6.04 Å². The Labute approximate surface area is 115 Å². The van der Waals surface area contributed by atoms with Gasteiger partial charge in [0.2, 0.25) is 11.8 Å². The Balaban J connectivity index is 2.20. The summed E-state index contributed by atoms with van der Waals surface area (Å²) in [5, 5.41) is 6.16. The summed E-state index contributed by atoms with van der Waals surface area (Å²) in [6.45, 7) is 9.88. The van der Waals surface area contributed by atoms with Gasteiger partial charge in [-0.2, -0.15) is 0 Å². The van der Waals surface area contributed by atoms with Crippen LogP contribution in [0.4, 0.5) is 0 Å². The van der Waals surface area contributed by atoms with Crippen molar-refractivity contribution in [3.8, 4) is 0 Å². The zero-order chi connectivity index (χ0) is 14.3. The average Bonchev–Trinajstić information content (AvgIpc) is 2.31. The van der Waals surface area contributed by atoms with Crippen LogP contribution in [0, 0.1) is 5.41 Å². The van der Waals surface area contributed by atoms with Gasteiger partial charge in [-0.3, -0.25) is 9.59 Å². The largest absolute Gasteiger partial charge is 0.352 e. The molecular formula is C14H25N3O2. The van der Waals surface area contributed by atoms with Crippen molar-refractivity contribution in [1.29, 1.82) is 0 Å². The van der Waals surface area contributed by atoms with Gasteiger partial charge < -0.3 is 15.5 Å². The molecule has 0 aromatic carbocycles. The van der Waals surface area contributed by atoms with Crippen molar-refractivity contribution in [2.24, 2.45) is 5.41 Å². The van der Waals surface area contributed by atoms with Crippen LogP contribution < -0.4 is 10.6 Å². The van der Waals surface area contributed by atoms with Crippen molar-refractivity contribution in [2.45, 2.75) is 52.1 Å². The van der Waals surface area contributed by atoms with E-state index in [4.69, 9.17) is 0 Å². The minimum absolute atomic E-state index is 0.0562. The molecule has 1 atom stereocenters. The first-order chi connectivity index (χ1) is 8.77. The summed E-state index contributed by atoms with van der Waals surface area (Å²) < 4.78 is 0. The van der Waals surface area contributed by atoms with E-state index in [2.05, 4.69) is 24.5 Å². The second kappa shape index (κ2) is 4.78. The fourth-order valence-electron chi connectivity index (χ4n) is 3.07. The lowest BCUT2D eigenvalue weighted by Gasteiger charge is -2.46. The molecule has 0 spiro atoms. The Morgan fingerprint density at radius 3 is 2.58 bits per heavy atom. The molecule has 2 saturated heterocycles. The summed E-state index contributed by atoms with van der Waals surface area (Å²) in [7, 11) is 0. The van der Waals surface area contributed by atoms with Gasteiger partial charge >= 0.3 is 0 Å². The molecule has 2 heterocycles. The van der Waals surface area contributed by atoms with Gasteiger partial charge in [-0.05, 0) is 38.6 Å². The number of carbonyl (C=O) groups is 2. The van der Waals surface area contributed by atoms with E-state index in [9.17, 15) is 9.59 Å². The summed E-state index contributed by atoms with van der Waals surface area (Å²) in [5.41, 5.74) is -0.816. The Morgan fingerprint density at radius 2 is 1.95 bits per heavy atom. The number of piperazine rings is 1. The van der Waals surface area contributed by atoms with Crippen LogP contribution in [0.2, 0.25) is 0 Å². The fraction of sp³-hybridized carbons (Fsp3) is 0.857. The van der Waals surface area contributed by atoms with Gasteiger partial charge in [0.25, 0.3) is 0 Å². The minimum atomic E-state index is -0.759. The topological polar surface area (TPSA) is 61.4 Å². The third kappa shape index (κ3) is 2.48. The Bertz CT molecular complexity index is 390. The molecule has 2 amide bonds. The maximum absolute atomic E-state index is 12.8. The quantitative estimate of drug-likeness (QED) is 0.727. The molecule has 0 aliphatic carbocycles. The van der Waals surface area contributed by atoms with Crippen LogP contribution in [0.15, 0.2) is 0 Å². The highest BCUT2D eigenvalue weighted by atomic mass is 16.2. The highest BCUT2D eigenvalue weighted by molar-refractivity contribution is 5.93. The van der Waals surface area contributed by atoms with E-state index in [1.807, 2.05) is 13.8 Å². The first-order valence-corrected chi connectivity index (χ1v) is 7.10. The molecule has 2 aliphatic heterocycles. The van der Waals surface area contributed by atoms with Crippen molar-refractivity contribution in [3.05, 3.63) is 0 Å². The molecule has 0 aromatic heterocycles. The average molecular weight is 267 g/mol. The molecule has 0 saturated carbocycles. The molecule has 1 unspecified atom stereocenters. The maximum Gasteiger partial charge on any atom is 0.245 e. The van der Waals surface area contributed by atoms with Crippen LogP contribution >= 0.6 is 0 Å². The van der Waals surface area contributed by atoms with E-state index in [0.29, 0.717) is 13.1 Å². The first kappa shape index (κ1) is 14.3. The zero-order valence-electron chi connectivity index (χ0n) is 12.4. The number of hydrogen-bond donors (Lipinski definition) is 2. The third-order valence-corrected chi connectivity index (χ3v) is 4.49. The third-order valence-electron chi connectivity index (χ3n) is 4.49. The van der Waals surface area contributed by atoms with Gasteiger partial charge in [0, 0.05) is 13.1 Å². The van der Waals surface area contributed by atoms with E-state index in [0.717, 1.165) is 19.4 Å².